The molecule has 4 rings (SSSR count). The number of nitrogens with one attached hydrogen (secondary N) is 1. The molecule has 1 saturated heterocycles. The summed E-state index contributed by atoms with van der Waals surface area (Å²) in [6.07, 6.45) is 0.513. The number of aromatic amines is 1. The molecule has 2 aromatic rings. The van der Waals surface area contributed by atoms with Crippen LogP contribution in [-0.2, 0) is 4.79 Å². The van der Waals surface area contributed by atoms with Crippen LogP contribution in [-0.4, -0.2) is 47.3 Å². The fourth-order valence-electron chi connectivity index (χ4n) is 5.12. The molecule has 2 heterocycles. The topological polar surface area (TPSA) is 88.4 Å². The van der Waals surface area contributed by atoms with Crippen molar-refractivity contribution in [2.45, 2.75) is 38.7 Å². The molecule has 1 aliphatic carbocycles. The fraction of sp³-hybridized carbons (Fsp3) is 0.524. The van der Waals surface area contributed by atoms with Gasteiger partial charge in [-0.25, -0.2) is 8.78 Å². The third kappa shape index (κ3) is 2.64. The van der Waals surface area contributed by atoms with Gasteiger partial charge >= 0.3 is 0 Å². The Labute approximate surface area is 167 Å². The van der Waals surface area contributed by atoms with Gasteiger partial charge in [-0.15, -0.1) is 0 Å². The molecule has 1 saturated carbocycles. The van der Waals surface area contributed by atoms with Crippen molar-refractivity contribution in [3.8, 4) is 5.75 Å². The predicted molar refractivity (Wildman–Crippen MR) is 104 cm³/mol. The Morgan fingerprint density at radius 3 is 2.76 bits per heavy atom. The third-order valence-corrected chi connectivity index (χ3v) is 6.83. The number of hydrogen-bond acceptors (Lipinski definition) is 3. The maximum absolute atomic E-state index is 14.8. The monoisotopic (exact) mass is 405 g/mol. The number of benzene rings is 1. The summed E-state index contributed by atoms with van der Waals surface area (Å²) in [6, 6.07) is 5.92. The van der Waals surface area contributed by atoms with Gasteiger partial charge in [0.15, 0.2) is 0 Å². The van der Waals surface area contributed by atoms with Gasteiger partial charge in [0.1, 0.15) is 17.5 Å². The van der Waals surface area contributed by atoms with Gasteiger partial charge in [-0.05, 0) is 30.5 Å². The minimum Gasteiger partial charge on any atom is -0.496 e. The standard InChI is InChI=1S/C21H25F2N3O3/c1-4-11(2)17-20(21(17,22)23)9-15(18(24)27)26(10-20)19(28)14-8-12-13(25-14)6-5-7-16(12)29-3/h5-8,11,15,17,25H,4,9-10H2,1-3H3,(H2,24,27). The van der Waals surface area contributed by atoms with Gasteiger partial charge in [-0.2, -0.15) is 0 Å². The zero-order valence-electron chi connectivity index (χ0n) is 16.7. The average Bonchev–Trinajstić information content (AvgIpc) is 3.10. The second-order valence-electron chi connectivity index (χ2n) is 8.30. The van der Waals surface area contributed by atoms with Crippen LogP contribution in [0.25, 0.3) is 10.9 Å². The van der Waals surface area contributed by atoms with Gasteiger partial charge in [-0.3, -0.25) is 9.59 Å². The highest BCUT2D eigenvalue weighted by atomic mass is 19.3. The molecular formula is C21H25F2N3O3. The molecule has 6 nitrogen and oxygen atoms in total. The van der Waals surface area contributed by atoms with Gasteiger partial charge in [0.25, 0.3) is 11.8 Å². The first-order valence-electron chi connectivity index (χ1n) is 9.81. The number of H-pyrrole nitrogens is 1. The minimum atomic E-state index is -2.91. The largest absolute Gasteiger partial charge is 0.496 e. The molecular weight excluding hydrogens is 380 g/mol. The third-order valence-electron chi connectivity index (χ3n) is 6.83. The van der Waals surface area contributed by atoms with E-state index in [0.717, 1.165) is 0 Å². The van der Waals surface area contributed by atoms with E-state index in [9.17, 15) is 18.4 Å². The second kappa shape index (κ2) is 6.43. The lowest BCUT2D eigenvalue weighted by atomic mass is 9.92. The summed E-state index contributed by atoms with van der Waals surface area (Å²) in [5, 5.41) is 0.706. The van der Waals surface area contributed by atoms with Gasteiger partial charge in [0.05, 0.1) is 12.5 Å². The lowest BCUT2D eigenvalue weighted by Crippen LogP contribution is -2.43. The molecule has 4 unspecified atom stereocenters. The lowest BCUT2D eigenvalue weighted by Gasteiger charge is -2.21. The highest BCUT2D eigenvalue weighted by molar-refractivity contribution is 6.01. The van der Waals surface area contributed by atoms with Crippen LogP contribution in [0.15, 0.2) is 24.3 Å². The molecule has 1 aliphatic heterocycles. The first-order valence-corrected chi connectivity index (χ1v) is 9.81. The van der Waals surface area contributed by atoms with E-state index < -0.39 is 35.1 Å². The number of rotatable bonds is 5. The molecule has 8 heteroatoms. The van der Waals surface area contributed by atoms with E-state index in [-0.39, 0.29) is 24.6 Å². The highest BCUT2D eigenvalue weighted by Gasteiger charge is 2.83. The molecule has 3 N–H and O–H groups in total. The number of primary amides is 1. The molecule has 1 aromatic heterocycles. The SMILES string of the molecule is CCC(C)C1C(F)(F)C12CC(C(N)=O)N(C(=O)c1cc3c(OC)cccc3[nH]1)C2. The van der Waals surface area contributed by atoms with Crippen LogP contribution in [0.4, 0.5) is 8.78 Å². The summed E-state index contributed by atoms with van der Waals surface area (Å²) in [7, 11) is 1.53. The highest BCUT2D eigenvalue weighted by Crippen LogP contribution is 2.73. The summed E-state index contributed by atoms with van der Waals surface area (Å²) in [5.41, 5.74) is 5.04. The quantitative estimate of drug-likeness (QED) is 0.801. The summed E-state index contributed by atoms with van der Waals surface area (Å²) in [5.74, 6) is -4.63. The van der Waals surface area contributed by atoms with Crippen molar-refractivity contribution in [3.63, 3.8) is 0 Å². The zero-order valence-corrected chi connectivity index (χ0v) is 16.7. The summed E-state index contributed by atoms with van der Waals surface area (Å²) in [6.45, 7) is 3.49. The number of halogens is 2. The number of carbonyl (C=O) groups is 2. The van der Waals surface area contributed by atoms with E-state index in [2.05, 4.69) is 4.98 Å². The van der Waals surface area contributed by atoms with E-state index in [1.807, 2.05) is 6.92 Å². The van der Waals surface area contributed by atoms with Crippen LogP contribution in [0.2, 0.25) is 0 Å². The van der Waals surface area contributed by atoms with Crippen molar-refractivity contribution in [3.05, 3.63) is 30.0 Å². The summed E-state index contributed by atoms with van der Waals surface area (Å²) in [4.78, 5) is 29.5. The predicted octanol–water partition coefficient (Wildman–Crippen LogP) is 3.17. The molecule has 1 spiro atoms. The van der Waals surface area contributed by atoms with Crippen LogP contribution in [0.3, 0.4) is 0 Å². The van der Waals surface area contributed by atoms with E-state index >= 15 is 0 Å². The number of alkyl halides is 2. The molecule has 0 bridgehead atoms. The molecule has 2 aliphatic rings. The number of aromatic nitrogens is 1. The van der Waals surface area contributed by atoms with Gasteiger partial charge in [0, 0.05) is 23.4 Å². The fourth-order valence-corrected chi connectivity index (χ4v) is 5.12. The van der Waals surface area contributed by atoms with Crippen LogP contribution in [0.5, 0.6) is 5.75 Å². The smallest absolute Gasteiger partial charge is 0.271 e. The van der Waals surface area contributed by atoms with Gasteiger partial charge < -0.3 is 20.4 Å². The van der Waals surface area contributed by atoms with Crippen LogP contribution in [0.1, 0.15) is 37.2 Å². The minimum absolute atomic E-state index is 0.0976. The van der Waals surface area contributed by atoms with Crippen molar-refractivity contribution in [1.29, 1.82) is 0 Å². The van der Waals surface area contributed by atoms with Crippen molar-refractivity contribution >= 4 is 22.7 Å². The molecule has 1 aromatic carbocycles. The number of amides is 2. The van der Waals surface area contributed by atoms with Crippen molar-refractivity contribution in [2.75, 3.05) is 13.7 Å². The number of nitrogens with zero attached hydrogens (tertiary/aromatic N) is 1. The van der Waals surface area contributed by atoms with E-state index in [1.165, 1.54) is 12.0 Å². The second-order valence-corrected chi connectivity index (χ2v) is 8.30. The maximum Gasteiger partial charge on any atom is 0.271 e. The Hall–Kier alpha value is -2.64. The lowest BCUT2D eigenvalue weighted by molar-refractivity contribution is -0.121. The van der Waals surface area contributed by atoms with Crippen LogP contribution < -0.4 is 10.5 Å². The Balaban J connectivity index is 1.69. The Kier molecular flexibility index (Phi) is 4.36. The van der Waals surface area contributed by atoms with Crippen molar-refractivity contribution in [1.82, 2.24) is 9.88 Å². The van der Waals surface area contributed by atoms with Gasteiger partial charge in [-0.1, -0.05) is 26.3 Å². The van der Waals surface area contributed by atoms with E-state index in [1.54, 1.807) is 31.2 Å². The molecule has 2 fully saturated rings. The number of ether oxygens (including phenoxy) is 1. The van der Waals surface area contributed by atoms with E-state index in [0.29, 0.717) is 23.1 Å². The maximum atomic E-state index is 14.8. The van der Waals surface area contributed by atoms with Crippen molar-refractivity contribution < 1.29 is 23.1 Å². The Morgan fingerprint density at radius 1 is 1.41 bits per heavy atom. The first kappa shape index (κ1) is 19.7. The molecule has 4 atom stereocenters. The number of fused-ring (bicyclic) bond motifs is 1. The number of methoxy groups -OCH3 is 1. The first-order chi connectivity index (χ1) is 13.7. The summed E-state index contributed by atoms with van der Waals surface area (Å²) >= 11 is 0. The van der Waals surface area contributed by atoms with Crippen LogP contribution >= 0.6 is 0 Å². The number of nitrogens with two attached hydrogens (primary N) is 1. The van der Waals surface area contributed by atoms with Gasteiger partial charge in [0.2, 0.25) is 5.91 Å². The Bertz CT molecular complexity index is 989. The normalized spacial score (nSPS) is 28.7. The summed E-state index contributed by atoms with van der Waals surface area (Å²) < 4.78 is 35.0. The number of carbonyl (C=O) groups excluding carboxylic acids is 2. The Morgan fingerprint density at radius 2 is 2.14 bits per heavy atom. The molecule has 29 heavy (non-hydrogen) atoms. The number of hydrogen-bond donors (Lipinski definition) is 2. The zero-order chi connectivity index (χ0) is 21.1. The van der Waals surface area contributed by atoms with Crippen molar-refractivity contribution in [2.24, 2.45) is 23.0 Å². The average molecular weight is 405 g/mol. The van der Waals surface area contributed by atoms with Crippen LogP contribution in [0, 0.1) is 17.3 Å². The molecule has 0 radical (unpaired) electrons. The number of likely N-dealkylation sites (tertiary alicyclic amines) is 1. The molecule has 2 amide bonds. The molecule has 156 valence electrons. The van der Waals surface area contributed by atoms with E-state index in [4.69, 9.17) is 10.5 Å².